The fourth-order valence-corrected chi connectivity index (χ4v) is 6.89. The first kappa shape index (κ1) is 20.2. The standard InChI is InChI=1S/C23H24N4O2S2/c1-18-11-12-22(30-18)31(28,29)26-15-13-25(14-16-26)23-24-20-9-5-6-10-21(20)27(23)17-19-7-3-2-4-8-19/h2-12H,13-17H2,1H3. The Morgan fingerprint density at radius 1 is 0.903 bits per heavy atom. The molecule has 2 aromatic carbocycles. The van der Waals surface area contributed by atoms with E-state index in [-0.39, 0.29) is 0 Å². The van der Waals surface area contributed by atoms with Crippen LogP contribution in [0.2, 0.25) is 0 Å². The summed E-state index contributed by atoms with van der Waals surface area (Å²) in [5.41, 5.74) is 3.25. The smallest absolute Gasteiger partial charge is 0.252 e. The van der Waals surface area contributed by atoms with Crippen molar-refractivity contribution < 1.29 is 8.42 Å². The molecule has 0 aliphatic carbocycles. The van der Waals surface area contributed by atoms with Gasteiger partial charge in [-0.15, -0.1) is 11.3 Å². The van der Waals surface area contributed by atoms with Gasteiger partial charge in [0.1, 0.15) is 4.21 Å². The summed E-state index contributed by atoms with van der Waals surface area (Å²) in [4.78, 5) is 8.11. The molecular formula is C23H24N4O2S2. The van der Waals surface area contributed by atoms with Crippen LogP contribution in [0.15, 0.2) is 70.9 Å². The van der Waals surface area contributed by atoms with Crippen molar-refractivity contribution in [2.75, 3.05) is 31.1 Å². The third-order valence-corrected chi connectivity index (χ3v) is 9.02. The number of aromatic nitrogens is 2. The van der Waals surface area contributed by atoms with Crippen molar-refractivity contribution in [3.05, 3.63) is 77.2 Å². The summed E-state index contributed by atoms with van der Waals surface area (Å²) in [5, 5.41) is 0. The van der Waals surface area contributed by atoms with Crippen molar-refractivity contribution in [3.8, 4) is 0 Å². The van der Waals surface area contributed by atoms with Gasteiger partial charge >= 0.3 is 0 Å². The monoisotopic (exact) mass is 452 g/mol. The van der Waals surface area contributed by atoms with Gasteiger partial charge in [-0.3, -0.25) is 0 Å². The molecule has 2 aromatic heterocycles. The highest BCUT2D eigenvalue weighted by Gasteiger charge is 2.31. The number of para-hydroxylation sites is 2. The zero-order valence-electron chi connectivity index (χ0n) is 17.3. The van der Waals surface area contributed by atoms with Gasteiger partial charge in [0.2, 0.25) is 5.95 Å². The Kier molecular flexibility index (Phi) is 5.29. The molecule has 8 heteroatoms. The Morgan fingerprint density at radius 3 is 2.32 bits per heavy atom. The fraction of sp³-hybridized carbons (Fsp3) is 0.261. The lowest BCUT2D eigenvalue weighted by Gasteiger charge is -2.34. The molecule has 0 N–H and O–H groups in total. The van der Waals surface area contributed by atoms with E-state index < -0.39 is 10.0 Å². The van der Waals surface area contributed by atoms with Gasteiger partial charge in [0.15, 0.2) is 0 Å². The molecule has 0 amide bonds. The quantitative estimate of drug-likeness (QED) is 0.460. The minimum atomic E-state index is -3.43. The lowest BCUT2D eigenvalue weighted by molar-refractivity contribution is 0.382. The average Bonchev–Trinajstić information content (AvgIpc) is 3.39. The van der Waals surface area contributed by atoms with Crippen LogP contribution in [-0.2, 0) is 16.6 Å². The number of rotatable bonds is 5. The molecule has 160 valence electrons. The summed E-state index contributed by atoms with van der Waals surface area (Å²) < 4.78 is 30.2. The van der Waals surface area contributed by atoms with Crippen LogP contribution in [-0.4, -0.2) is 48.5 Å². The van der Waals surface area contributed by atoms with Crippen molar-refractivity contribution in [2.45, 2.75) is 17.7 Å². The first-order chi connectivity index (χ1) is 15.0. The predicted molar refractivity (Wildman–Crippen MR) is 125 cm³/mol. The molecule has 1 aliphatic rings. The van der Waals surface area contributed by atoms with Crippen molar-refractivity contribution in [2.24, 2.45) is 0 Å². The second kappa shape index (κ2) is 8.11. The van der Waals surface area contributed by atoms with E-state index in [1.807, 2.05) is 49.4 Å². The largest absolute Gasteiger partial charge is 0.340 e. The van der Waals surface area contributed by atoms with Gasteiger partial charge in [-0.1, -0.05) is 42.5 Å². The first-order valence-electron chi connectivity index (χ1n) is 10.3. The van der Waals surface area contributed by atoms with Gasteiger partial charge in [0.25, 0.3) is 10.0 Å². The highest BCUT2D eigenvalue weighted by molar-refractivity contribution is 7.91. The summed E-state index contributed by atoms with van der Waals surface area (Å²) in [5.74, 6) is 0.897. The first-order valence-corrected chi connectivity index (χ1v) is 12.6. The molecule has 3 heterocycles. The maximum Gasteiger partial charge on any atom is 0.252 e. The molecule has 1 aliphatic heterocycles. The Morgan fingerprint density at radius 2 is 1.61 bits per heavy atom. The predicted octanol–water partition coefficient (Wildman–Crippen LogP) is 3.97. The Hall–Kier alpha value is -2.68. The number of anilines is 1. The maximum absolute atomic E-state index is 13.0. The van der Waals surface area contributed by atoms with Crippen LogP contribution in [0.5, 0.6) is 0 Å². The number of hydrogen-bond donors (Lipinski definition) is 0. The van der Waals surface area contributed by atoms with Crippen LogP contribution in [0.3, 0.4) is 0 Å². The molecule has 0 radical (unpaired) electrons. The normalized spacial score (nSPS) is 15.6. The van der Waals surface area contributed by atoms with Gasteiger partial charge < -0.3 is 9.47 Å². The SMILES string of the molecule is Cc1ccc(S(=O)(=O)N2CCN(c3nc4ccccc4n3Cc3ccccc3)CC2)s1. The number of fused-ring (bicyclic) bond motifs is 1. The Labute approximate surface area is 186 Å². The highest BCUT2D eigenvalue weighted by Crippen LogP contribution is 2.28. The molecule has 0 spiro atoms. The minimum Gasteiger partial charge on any atom is -0.340 e. The van der Waals surface area contributed by atoms with Crippen LogP contribution in [0.4, 0.5) is 5.95 Å². The minimum absolute atomic E-state index is 0.426. The Bertz CT molecular complexity index is 1300. The fourth-order valence-electron chi connectivity index (χ4n) is 4.03. The van der Waals surface area contributed by atoms with Gasteiger partial charge in [-0.25, -0.2) is 13.4 Å². The van der Waals surface area contributed by atoms with E-state index >= 15 is 0 Å². The van der Waals surface area contributed by atoms with E-state index in [2.05, 4.69) is 27.7 Å². The highest BCUT2D eigenvalue weighted by atomic mass is 32.2. The Balaban J connectivity index is 1.41. The van der Waals surface area contributed by atoms with Gasteiger partial charge in [0, 0.05) is 31.1 Å². The summed E-state index contributed by atoms with van der Waals surface area (Å²) in [7, 11) is -3.43. The van der Waals surface area contributed by atoms with Gasteiger partial charge in [0.05, 0.1) is 17.6 Å². The lowest BCUT2D eigenvalue weighted by Crippen LogP contribution is -2.49. The van der Waals surface area contributed by atoms with Crippen LogP contribution in [0.25, 0.3) is 11.0 Å². The van der Waals surface area contributed by atoms with Crippen LogP contribution < -0.4 is 4.90 Å². The van der Waals surface area contributed by atoms with Crippen LogP contribution in [0.1, 0.15) is 10.4 Å². The number of nitrogens with zero attached hydrogens (tertiary/aromatic N) is 4. The number of sulfonamides is 1. The second-order valence-electron chi connectivity index (χ2n) is 7.73. The molecule has 1 saturated heterocycles. The number of thiophene rings is 1. The van der Waals surface area contributed by atoms with Crippen LogP contribution in [0, 0.1) is 6.92 Å². The van der Waals surface area contributed by atoms with Gasteiger partial charge in [-0.05, 0) is 36.8 Å². The van der Waals surface area contributed by atoms with E-state index in [0.717, 1.165) is 28.4 Å². The number of imidazole rings is 1. The average molecular weight is 453 g/mol. The van der Waals surface area contributed by atoms with E-state index in [0.29, 0.717) is 30.4 Å². The van der Waals surface area contributed by atoms with Crippen molar-refractivity contribution in [3.63, 3.8) is 0 Å². The number of piperazine rings is 1. The maximum atomic E-state index is 13.0. The molecule has 1 fully saturated rings. The van der Waals surface area contributed by atoms with E-state index in [1.54, 1.807) is 10.4 Å². The van der Waals surface area contributed by atoms with Crippen molar-refractivity contribution in [1.82, 2.24) is 13.9 Å². The molecule has 0 bridgehead atoms. The topological polar surface area (TPSA) is 58.4 Å². The molecular weight excluding hydrogens is 428 g/mol. The van der Waals surface area contributed by atoms with Crippen LogP contribution >= 0.6 is 11.3 Å². The lowest BCUT2D eigenvalue weighted by atomic mass is 10.2. The number of hydrogen-bond acceptors (Lipinski definition) is 5. The molecule has 5 rings (SSSR count). The number of aryl methyl sites for hydroxylation is 1. The summed E-state index contributed by atoms with van der Waals surface area (Å²) in [6.07, 6.45) is 0. The zero-order chi connectivity index (χ0) is 21.4. The second-order valence-corrected chi connectivity index (χ2v) is 11.2. The summed E-state index contributed by atoms with van der Waals surface area (Å²) in [6.45, 7) is 4.79. The zero-order valence-corrected chi connectivity index (χ0v) is 18.9. The number of benzene rings is 2. The summed E-state index contributed by atoms with van der Waals surface area (Å²) >= 11 is 1.33. The third kappa shape index (κ3) is 3.86. The van der Waals surface area contributed by atoms with Crippen molar-refractivity contribution in [1.29, 1.82) is 0 Å². The van der Waals surface area contributed by atoms with E-state index in [9.17, 15) is 8.42 Å². The van der Waals surface area contributed by atoms with E-state index in [1.165, 1.54) is 16.9 Å². The molecule has 0 atom stereocenters. The summed E-state index contributed by atoms with van der Waals surface area (Å²) in [6, 6.07) is 22.1. The van der Waals surface area contributed by atoms with Crippen molar-refractivity contribution >= 4 is 38.3 Å². The molecule has 4 aromatic rings. The molecule has 6 nitrogen and oxygen atoms in total. The molecule has 0 saturated carbocycles. The van der Waals surface area contributed by atoms with Gasteiger partial charge in [-0.2, -0.15) is 4.31 Å². The van der Waals surface area contributed by atoms with E-state index in [4.69, 9.17) is 4.98 Å². The molecule has 31 heavy (non-hydrogen) atoms. The third-order valence-electron chi connectivity index (χ3n) is 5.65. The molecule has 0 unspecified atom stereocenters.